The van der Waals surface area contributed by atoms with E-state index in [1.165, 1.54) is 5.56 Å². The molecular weight excluding hydrogens is 250 g/mol. The Bertz CT molecular complexity index is 391. The number of rotatable bonds is 5. The van der Waals surface area contributed by atoms with E-state index in [0.29, 0.717) is 17.0 Å². The van der Waals surface area contributed by atoms with Crippen molar-refractivity contribution in [3.8, 4) is 5.75 Å². The molecule has 4 heteroatoms. The van der Waals surface area contributed by atoms with Crippen LogP contribution < -0.4 is 10.1 Å². The highest BCUT2D eigenvalue weighted by Crippen LogP contribution is 2.33. The second-order valence-electron chi connectivity index (χ2n) is 4.55. The van der Waals surface area contributed by atoms with Crippen LogP contribution in [0.2, 0.25) is 5.02 Å². The maximum atomic E-state index is 6.20. The normalized spacial score (nSPS) is 20.9. The topological polar surface area (TPSA) is 30.5 Å². The average Bonchev–Trinajstić information content (AvgIpc) is 2.89. The van der Waals surface area contributed by atoms with Crippen molar-refractivity contribution in [2.45, 2.75) is 19.4 Å². The van der Waals surface area contributed by atoms with Crippen molar-refractivity contribution < 1.29 is 9.47 Å². The minimum absolute atomic E-state index is 0.306. The van der Waals surface area contributed by atoms with E-state index in [1.54, 1.807) is 7.11 Å². The quantitative estimate of drug-likeness (QED) is 0.891. The molecule has 1 saturated heterocycles. The van der Waals surface area contributed by atoms with Crippen LogP contribution in [0.5, 0.6) is 5.75 Å². The summed E-state index contributed by atoms with van der Waals surface area (Å²) >= 11 is 6.20. The summed E-state index contributed by atoms with van der Waals surface area (Å²) in [5.41, 5.74) is 1.21. The molecule has 0 spiro atoms. The summed E-state index contributed by atoms with van der Waals surface area (Å²) in [6, 6.07) is 6.31. The number of benzene rings is 1. The molecule has 2 atom stereocenters. The molecule has 1 fully saturated rings. The maximum Gasteiger partial charge on any atom is 0.137 e. The summed E-state index contributed by atoms with van der Waals surface area (Å²) < 4.78 is 10.7. The van der Waals surface area contributed by atoms with Gasteiger partial charge in [-0.05, 0) is 30.7 Å². The van der Waals surface area contributed by atoms with Crippen LogP contribution in [0.3, 0.4) is 0 Å². The lowest BCUT2D eigenvalue weighted by atomic mass is 9.92. The first-order valence-electron chi connectivity index (χ1n) is 6.40. The van der Waals surface area contributed by atoms with E-state index in [-0.39, 0.29) is 0 Å². The van der Waals surface area contributed by atoms with E-state index in [2.05, 4.69) is 18.3 Å². The molecule has 1 aliphatic heterocycles. The maximum absolute atomic E-state index is 6.20. The van der Waals surface area contributed by atoms with Crippen molar-refractivity contribution >= 4 is 11.6 Å². The molecule has 1 aliphatic rings. The fourth-order valence-corrected chi connectivity index (χ4v) is 2.73. The monoisotopic (exact) mass is 269 g/mol. The van der Waals surface area contributed by atoms with Crippen molar-refractivity contribution in [2.24, 2.45) is 5.92 Å². The largest absolute Gasteiger partial charge is 0.495 e. The zero-order valence-corrected chi connectivity index (χ0v) is 11.7. The third-order valence-electron chi connectivity index (χ3n) is 3.40. The van der Waals surface area contributed by atoms with Gasteiger partial charge in [0.25, 0.3) is 0 Å². The summed E-state index contributed by atoms with van der Waals surface area (Å²) in [6.45, 7) is 4.73. The first-order chi connectivity index (χ1) is 8.76. The molecule has 2 unspecified atom stereocenters. The van der Waals surface area contributed by atoms with Gasteiger partial charge in [0.05, 0.1) is 18.7 Å². The Morgan fingerprint density at radius 1 is 1.56 bits per heavy atom. The molecule has 0 aliphatic carbocycles. The van der Waals surface area contributed by atoms with Crippen LogP contribution in [0.1, 0.15) is 24.9 Å². The van der Waals surface area contributed by atoms with E-state index in [9.17, 15) is 0 Å². The van der Waals surface area contributed by atoms with Crippen molar-refractivity contribution in [3.63, 3.8) is 0 Å². The molecule has 18 heavy (non-hydrogen) atoms. The molecule has 0 aromatic heterocycles. The molecular formula is C14H20ClNO2. The van der Waals surface area contributed by atoms with E-state index in [0.717, 1.165) is 31.9 Å². The summed E-state index contributed by atoms with van der Waals surface area (Å²) in [4.78, 5) is 0. The molecule has 0 radical (unpaired) electrons. The van der Waals surface area contributed by atoms with Crippen LogP contribution in [0.15, 0.2) is 18.2 Å². The van der Waals surface area contributed by atoms with Crippen molar-refractivity contribution in [2.75, 3.05) is 26.9 Å². The second-order valence-corrected chi connectivity index (χ2v) is 4.96. The van der Waals surface area contributed by atoms with Gasteiger partial charge in [0, 0.05) is 18.6 Å². The molecule has 1 N–H and O–H groups in total. The van der Waals surface area contributed by atoms with E-state index in [4.69, 9.17) is 21.1 Å². The molecule has 0 saturated carbocycles. The summed E-state index contributed by atoms with van der Waals surface area (Å²) in [5, 5.41) is 4.19. The van der Waals surface area contributed by atoms with Gasteiger partial charge in [-0.15, -0.1) is 0 Å². The Morgan fingerprint density at radius 2 is 2.39 bits per heavy atom. The smallest absolute Gasteiger partial charge is 0.137 e. The number of methoxy groups -OCH3 is 1. The third-order valence-corrected chi connectivity index (χ3v) is 3.69. The molecule has 0 amide bonds. The predicted octanol–water partition coefficient (Wildman–Crippen LogP) is 3.04. The zero-order valence-electron chi connectivity index (χ0n) is 10.9. The number of ether oxygens (including phenoxy) is 2. The van der Waals surface area contributed by atoms with Crippen LogP contribution in [0, 0.1) is 5.92 Å². The summed E-state index contributed by atoms with van der Waals surface area (Å²) in [6.07, 6.45) is 1.10. The lowest BCUT2D eigenvalue weighted by molar-refractivity contribution is 0.177. The van der Waals surface area contributed by atoms with Gasteiger partial charge in [0.15, 0.2) is 0 Å². The number of nitrogens with one attached hydrogen (secondary N) is 1. The zero-order chi connectivity index (χ0) is 13.0. The molecule has 100 valence electrons. The Hall–Kier alpha value is -0.770. The first-order valence-corrected chi connectivity index (χ1v) is 6.78. The van der Waals surface area contributed by atoms with Crippen molar-refractivity contribution in [1.82, 2.24) is 5.32 Å². The van der Waals surface area contributed by atoms with Crippen molar-refractivity contribution in [1.29, 1.82) is 0 Å². The van der Waals surface area contributed by atoms with Crippen LogP contribution in [0.4, 0.5) is 0 Å². The molecule has 3 nitrogen and oxygen atoms in total. The average molecular weight is 270 g/mol. The Labute approximate surface area is 113 Å². The van der Waals surface area contributed by atoms with Crippen LogP contribution >= 0.6 is 11.6 Å². The van der Waals surface area contributed by atoms with E-state index >= 15 is 0 Å². The SMILES string of the molecule is CCNC(c1ccc(OC)c(Cl)c1)C1CCOC1. The highest BCUT2D eigenvalue weighted by molar-refractivity contribution is 6.32. The molecule has 1 heterocycles. The third kappa shape index (κ3) is 2.97. The fraction of sp³-hybridized carbons (Fsp3) is 0.571. The highest BCUT2D eigenvalue weighted by atomic mass is 35.5. The van der Waals surface area contributed by atoms with Gasteiger partial charge >= 0.3 is 0 Å². The lowest BCUT2D eigenvalue weighted by Gasteiger charge is -2.24. The van der Waals surface area contributed by atoms with Gasteiger partial charge in [-0.2, -0.15) is 0 Å². The number of hydrogen-bond donors (Lipinski definition) is 1. The predicted molar refractivity (Wildman–Crippen MR) is 73.3 cm³/mol. The Balaban J connectivity index is 2.21. The standard InChI is InChI=1S/C14H20ClNO2/c1-3-16-14(11-6-7-18-9-11)10-4-5-13(17-2)12(15)8-10/h4-5,8,11,14,16H,3,6-7,9H2,1-2H3. The fourth-order valence-electron chi connectivity index (χ4n) is 2.47. The minimum Gasteiger partial charge on any atom is -0.495 e. The lowest BCUT2D eigenvalue weighted by Crippen LogP contribution is -2.28. The van der Waals surface area contributed by atoms with Gasteiger partial charge in [-0.1, -0.05) is 24.6 Å². The molecule has 1 aromatic rings. The number of halogens is 1. The Kier molecular flexibility index (Phi) is 4.87. The first kappa shape index (κ1) is 13.7. The van der Waals surface area contributed by atoms with Crippen LogP contribution in [0.25, 0.3) is 0 Å². The van der Waals surface area contributed by atoms with Gasteiger partial charge in [0.1, 0.15) is 5.75 Å². The van der Waals surface area contributed by atoms with Gasteiger partial charge in [-0.3, -0.25) is 0 Å². The molecule has 2 rings (SSSR count). The van der Waals surface area contributed by atoms with Crippen molar-refractivity contribution in [3.05, 3.63) is 28.8 Å². The van der Waals surface area contributed by atoms with Gasteiger partial charge in [-0.25, -0.2) is 0 Å². The van der Waals surface area contributed by atoms with Crippen LogP contribution in [-0.4, -0.2) is 26.9 Å². The van der Waals surface area contributed by atoms with E-state index < -0.39 is 0 Å². The van der Waals surface area contributed by atoms with Gasteiger partial charge in [0.2, 0.25) is 0 Å². The summed E-state index contributed by atoms with van der Waals surface area (Å²) in [7, 11) is 1.63. The number of hydrogen-bond acceptors (Lipinski definition) is 3. The minimum atomic E-state index is 0.306. The molecule has 1 aromatic carbocycles. The van der Waals surface area contributed by atoms with Crippen LogP contribution in [-0.2, 0) is 4.74 Å². The summed E-state index contributed by atoms with van der Waals surface area (Å²) in [5.74, 6) is 1.24. The van der Waals surface area contributed by atoms with Gasteiger partial charge < -0.3 is 14.8 Å². The molecule has 0 bridgehead atoms. The Morgan fingerprint density at radius 3 is 2.94 bits per heavy atom. The second kappa shape index (κ2) is 6.41. The van der Waals surface area contributed by atoms with E-state index in [1.807, 2.05) is 12.1 Å². The highest BCUT2D eigenvalue weighted by Gasteiger charge is 2.26.